The topological polar surface area (TPSA) is 93.5 Å². The van der Waals surface area contributed by atoms with E-state index in [0.29, 0.717) is 18.8 Å². The molecule has 182 valence electrons. The third-order valence-corrected chi connectivity index (χ3v) is 7.01. The minimum atomic E-state index is -0.320. The maximum absolute atomic E-state index is 12.4. The number of fused-ring (bicyclic) bond motifs is 1. The third kappa shape index (κ3) is 6.37. The first kappa shape index (κ1) is 23.7. The third-order valence-electron chi connectivity index (χ3n) is 5.51. The molecule has 0 radical (unpaired) electrons. The Kier molecular flexibility index (Phi) is 7.57. The van der Waals surface area contributed by atoms with Crippen molar-refractivity contribution in [2.75, 3.05) is 50.1 Å². The molecule has 0 unspecified atom stereocenters. The van der Waals surface area contributed by atoms with Crippen LogP contribution in [0.5, 0.6) is 5.75 Å². The van der Waals surface area contributed by atoms with E-state index in [-0.39, 0.29) is 6.03 Å². The van der Waals surface area contributed by atoms with Crippen molar-refractivity contribution in [3.63, 3.8) is 0 Å². The molecule has 1 saturated heterocycles. The van der Waals surface area contributed by atoms with Gasteiger partial charge in [-0.15, -0.1) is 0 Å². The SMILES string of the molecule is O=C(Nc1ccc(Br)cc1)n1ccc(CNc2nc3ccc(OCCN4CCOCC4)cc3s2)n1. The second-order valence-corrected chi connectivity index (χ2v) is 9.94. The number of rotatable bonds is 8. The van der Waals surface area contributed by atoms with Crippen molar-refractivity contribution in [2.24, 2.45) is 0 Å². The summed E-state index contributed by atoms with van der Waals surface area (Å²) in [5, 5.41) is 11.3. The first-order valence-electron chi connectivity index (χ1n) is 11.3. The van der Waals surface area contributed by atoms with E-state index in [0.717, 1.165) is 64.1 Å². The van der Waals surface area contributed by atoms with Gasteiger partial charge in [0.15, 0.2) is 5.13 Å². The quantitative estimate of drug-likeness (QED) is 0.326. The summed E-state index contributed by atoms with van der Waals surface area (Å²) in [4.78, 5) is 19.4. The molecule has 35 heavy (non-hydrogen) atoms. The van der Waals surface area contributed by atoms with Crippen molar-refractivity contribution in [2.45, 2.75) is 6.54 Å². The number of amides is 1. The summed E-state index contributed by atoms with van der Waals surface area (Å²) in [6.07, 6.45) is 1.64. The van der Waals surface area contributed by atoms with Gasteiger partial charge in [0.1, 0.15) is 12.4 Å². The fraction of sp³-hybridized carbons (Fsp3) is 0.292. The molecule has 11 heteroatoms. The Bertz CT molecular complexity index is 1290. The summed E-state index contributed by atoms with van der Waals surface area (Å²) in [5.41, 5.74) is 2.35. The number of benzene rings is 2. The highest BCUT2D eigenvalue weighted by Crippen LogP contribution is 2.29. The van der Waals surface area contributed by atoms with Crippen molar-refractivity contribution in [1.82, 2.24) is 19.7 Å². The number of halogens is 1. The zero-order valence-corrected chi connectivity index (χ0v) is 21.3. The Morgan fingerprint density at radius 3 is 2.80 bits per heavy atom. The second kappa shape index (κ2) is 11.2. The van der Waals surface area contributed by atoms with Crippen LogP contribution in [0.3, 0.4) is 0 Å². The highest BCUT2D eigenvalue weighted by molar-refractivity contribution is 9.10. The van der Waals surface area contributed by atoms with Gasteiger partial charge in [-0.05, 0) is 48.5 Å². The van der Waals surface area contributed by atoms with Crippen LogP contribution in [0.1, 0.15) is 5.69 Å². The van der Waals surface area contributed by atoms with Gasteiger partial charge in [0, 0.05) is 36.0 Å². The van der Waals surface area contributed by atoms with Gasteiger partial charge in [-0.1, -0.05) is 27.3 Å². The molecule has 2 aromatic carbocycles. The second-order valence-electron chi connectivity index (χ2n) is 7.99. The van der Waals surface area contributed by atoms with Crippen molar-refractivity contribution in [3.05, 3.63) is 64.9 Å². The first-order valence-corrected chi connectivity index (χ1v) is 12.9. The van der Waals surface area contributed by atoms with Crippen molar-refractivity contribution >= 4 is 54.3 Å². The predicted octanol–water partition coefficient (Wildman–Crippen LogP) is 4.66. The van der Waals surface area contributed by atoms with Gasteiger partial charge >= 0.3 is 6.03 Å². The van der Waals surface area contributed by atoms with Crippen molar-refractivity contribution in [3.8, 4) is 5.75 Å². The Hall–Kier alpha value is -2.99. The number of hydrogen-bond acceptors (Lipinski definition) is 8. The standard InChI is InChI=1S/C24H25BrN6O3S/c25-17-1-3-18(4-2-17)27-24(32)31-8-7-19(29-31)16-26-23-28-21-6-5-20(15-22(21)35-23)34-14-11-30-9-12-33-13-10-30/h1-8,15H,9-14,16H2,(H,26,28)(H,27,32). The van der Waals surface area contributed by atoms with Crippen LogP contribution in [0, 0.1) is 0 Å². The summed E-state index contributed by atoms with van der Waals surface area (Å²) in [6.45, 7) is 5.50. The molecular weight excluding hydrogens is 532 g/mol. The van der Waals surface area contributed by atoms with Gasteiger partial charge < -0.3 is 20.1 Å². The highest BCUT2D eigenvalue weighted by atomic mass is 79.9. The smallest absolute Gasteiger partial charge is 0.346 e. The zero-order chi connectivity index (χ0) is 24.0. The molecule has 0 atom stereocenters. The van der Waals surface area contributed by atoms with Crippen LogP contribution < -0.4 is 15.4 Å². The molecule has 2 N–H and O–H groups in total. The van der Waals surface area contributed by atoms with E-state index in [2.05, 4.69) is 41.5 Å². The lowest BCUT2D eigenvalue weighted by atomic mass is 10.3. The molecule has 2 aromatic heterocycles. The number of hydrogen-bond donors (Lipinski definition) is 2. The molecule has 0 spiro atoms. The highest BCUT2D eigenvalue weighted by Gasteiger charge is 2.11. The lowest BCUT2D eigenvalue weighted by Gasteiger charge is -2.26. The van der Waals surface area contributed by atoms with Gasteiger partial charge in [-0.3, -0.25) is 4.90 Å². The molecule has 1 fully saturated rings. The predicted molar refractivity (Wildman–Crippen MR) is 140 cm³/mol. The number of nitrogens with zero attached hydrogens (tertiary/aromatic N) is 4. The first-order chi connectivity index (χ1) is 17.1. The number of ether oxygens (including phenoxy) is 2. The molecule has 1 aliphatic heterocycles. The zero-order valence-electron chi connectivity index (χ0n) is 18.9. The summed E-state index contributed by atoms with van der Waals surface area (Å²) >= 11 is 4.94. The number of anilines is 2. The number of aromatic nitrogens is 3. The van der Waals surface area contributed by atoms with E-state index in [1.54, 1.807) is 17.5 Å². The molecule has 3 heterocycles. The molecule has 1 aliphatic rings. The van der Waals surface area contributed by atoms with E-state index >= 15 is 0 Å². The number of carbonyl (C=O) groups excluding carboxylic acids is 1. The normalized spacial score (nSPS) is 14.2. The Labute approximate surface area is 215 Å². The molecule has 0 bridgehead atoms. The molecule has 4 aromatic rings. The van der Waals surface area contributed by atoms with Crippen LogP contribution in [0.15, 0.2) is 59.2 Å². The van der Waals surface area contributed by atoms with Crippen LogP contribution in [-0.2, 0) is 11.3 Å². The number of nitrogens with one attached hydrogen (secondary N) is 2. The molecular formula is C24H25BrN6O3S. The lowest BCUT2D eigenvalue weighted by Crippen LogP contribution is -2.38. The lowest BCUT2D eigenvalue weighted by molar-refractivity contribution is 0.0322. The van der Waals surface area contributed by atoms with Gasteiger partial charge in [0.05, 0.1) is 35.7 Å². The van der Waals surface area contributed by atoms with Crippen LogP contribution in [0.2, 0.25) is 0 Å². The summed E-state index contributed by atoms with van der Waals surface area (Å²) in [6, 6.07) is 14.8. The van der Waals surface area contributed by atoms with E-state index < -0.39 is 0 Å². The monoisotopic (exact) mass is 556 g/mol. The average molecular weight is 557 g/mol. The molecule has 0 aliphatic carbocycles. The number of thiazole rings is 1. The van der Waals surface area contributed by atoms with Gasteiger partial charge in [0.25, 0.3) is 0 Å². The average Bonchev–Trinajstić information content (AvgIpc) is 3.51. The van der Waals surface area contributed by atoms with Crippen molar-refractivity contribution < 1.29 is 14.3 Å². The van der Waals surface area contributed by atoms with E-state index in [1.807, 2.05) is 48.5 Å². The van der Waals surface area contributed by atoms with E-state index in [1.165, 1.54) is 4.68 Å². The summed E-state index contributed by atoms with van der Waals surface area (Å²) in [7, 11) is 0. The van der Waals surface area contributed by atoms with Gasteiger partial charge in [0.2, 0.25) is 0 Å². The Balaban J connectivity index is 1.13. The maximum atomic E-state index is 12.4. The summed E-state index contributed by atoms with van der Waals surface area (Å²) < 4.78 is 14.6. The van der Waals surface area contributed by atoms with Crippen LogP contribution in [0.4, 0.5) is 15.6 Å². The fourth-order valence-corrected chi connectivity index (χ4v) is 4.79. The Morgan fingerprint density at radius 1 is 1.14 bits per heavy atom. The van der Waals surface area contributed by atoms with Crippen LogP contribution in [0.25, 0.3) is 10.2 Å². The minimum Gasteiger partial charge on any atom is -0.492 e. The van der Waals surface area contributed by atoms with E-state index in [9.17, 15) is 4.79 Å². The number of carbonyl (C=O) groups is 1. The van der Waals surface area contributed by atoms with E-state index in [4.69, 9.17) is 9.47 Å². The molecule has 9 nitrogen and oxygen atoms in total. The Morgan fingerprint density at radius 2 is 1.97 bits per heavy atom. The summed E-state index contributed by atoms with van der Waals surface area (Å²) in [5.74, 6) is 0.844. The van der Waals surface area contributed by atoms with Gasteiger partial charge in [-0.2, -0.15) is 9.78 Å². The van der Waals surface area contributed by atoms with Gasteiger partial charge in [-0.25, -0.2) is 9.78 Å². The van der Waals surface area contributed by atoms with Crippen LogP contribution >= 0.6 is 27.3 Å². The number of morpholine rings is 1. The fourth-order valence-electron chi connectivity index (χ4n) is 3.64. The van der Waals surface area contributed by atoms with Crippen molar-refractivity contribution in [1.29, 1.82) is 0 Å². The maximum Gasteiger partial charge on any atom is 0.346 e. The molecule has 0 saturated carbocycles. The minimum absolute atomic E-state index is 0.320. The largest absolute Gasteiger partial charge is 0.492 e. The van der Waals surface area contributed by atoms with Crippen LogP contribution in [-0.4, -0.2) is 65.2 Å². The molecule has 5 rings (SSSR count). The molecule has 1 amide bonds.